The maximum atomic E-state index is 12.4. The summed E-state index contributed by atoms with van der Waals surface area (Å²) in [6, 6.07) is -0.895. The van der Waals surface area contributed by atoms with Crippen molar-refractivity contribution in [3.05, 3.63) is 0 Å². The van der Waals surface area contributed by atoms with Gasteiger partial charge in [0.25, 0.3) is 0 Å². The van der Waals surface area contributed by atoms with Crippen molar-refractivity contribution in [1.29, 1.82) is 0 Å². The van der Waals surface area contributed by atoms with Crippen molar-refractivity contribution in [1.82, 2.24) is 10.2 Å². The maximum Gasteiger partial charge on any atom is 0.328 e. The Morgan fingerprint density at radius 2 is 2.10 bits per heavy atom. The molecule has 2 aliphatic rings. The van der Waals surface area contributed by atoms with Gasteiger partial charge < -0.3 is 15.0 Å². The minimum Gasteiger partial charge on any atom is -0.467 e. The molecule has 0 aromatic heterocycles. The lowest BCUT2D eigenvalue weighted by Crippen LogP contribution is -2.52. The minimum absolute atomic E-state index is 0.0184. The van der Waals surface area contributed by atoms with Gasteiger partial charge in [-0.2, -0.15) is 0 Å². The molecule has 21 heavy (non-hydrogen) atoms. The van der Waals surface area contributed by atoms with Gasteiger partial charge in [-0.05, 0) is 19.3 Å². The number of esters is 1. The summed E-state index contributed by atoms with van der Waals surface area (Å²) in [6.07, 6.45) is 2.46. The number of piperidine rings is 1. The molecule has 2 heterocycles. The molecule has 0 aromatic carbocycles. The van der Waals surface area contributed by atoms with Crippen LogP contribution in [0.2, 0.25) is 0 Å². The molecule has 7 nitrogen and oxygen atoms in total. The van der Waals surface area contributed by atoms with E-state index in [0.717, 1.165) is 12.8 Å². The molecule has 8 heteroatoms. The number of amides is 1. The highest BCUT2D eigenvalue weighted by molar-refractivity contribution is 7.91. The van der Waals surface area contributed by atoms with Crippen LogP contribution in [-0.2, 0) is 24.2 Å². The van der Waals surface area contributed by atoms with Crippen molar-refractivity contribution in [3.8, 4) is 0 Å². The van der Waals surface area contributed by atoms with Crippen LogP contribution in [0.15, 0.2) is 0 Å². The fourth-order valence-corrected chi connectivity index (χ4v) is 4.38. The van der Waals surface area contributed by atoms with Crippen molar-refractivity contribution in [2.75, 3.05) is 31.7 Å². The van der Waals surface area contributed by atoms with Gasteiger partial charge in [0, 0.05) is 25.6 Å². The molecule has 0 radical (unpaired) electrons. The number of nitrogens with zero attached hydrogens (tertiary/aromatic N) is 1. The number of hydrogen-bond donors (Lipinski definition) is 1. The molecule has 2 unspecified atom stereocenters. The second-order valence-electron chi connectivity index (χ2n) is 5.59. The largest absolute Gasteiger partial charge is 0.467 e. The van der Waals surface area contributed by atoms with Crippen LogP contribution in [-0.4, -0.2) is 69.0 Å². The second kappa shape index (κ2) is 6.74. The van der Waals surface area contributed by atoms with E-state index in [-0.39, 0.29) is 29.9 Å². The summed E-state index contributed by atoms with van der Waals surface area (Å²) in [5, 5.41) is 3.06. The van der Waals surface area contributed by atoms with Gasteiger partial charge in [-0.15, -0.1) is 0 Å². The first-order chi connectivity index (χ1) is 9.93. The number of sulfone groups is 1. The number of methoxy groups -OCH3 is 1. The number of carbonyl (C=O) groups is 2. The van der Waals surface area contributed by atoms with Gasteiger partial charge >= 0.3 is 5.97 Å². The quantitative estimate of drug-likeness (QED) is 0.693. The highest BCUT2D eigenvalue weighted by Crippen LogP contribution is 2.20. The molecule has 2 aliphatic heterocycles. The second-order valence-corrected chi connectivity index (χ2v) is 7.82. The molecule has 2 saturated heterocycles. The van der Waals surface area contributed by atoms with Gasteiger partial charge in [-0.3, -0.25) is 4.79 Å². The fourth-order valence-electron chi connectivity index (χ4n) is 2.94. The van der Waals surface area contributed by atoms with Crippen molar-refractivity contribution in [2.24, 2.45) is 0 Å². The molecule has 1 N–H and O–H groups in total. The van der Waals surface area contributed by atoms with Crippen LogP contribution < -0.4 is 5.32 Å². The average molecular weight is 318 g/mol. The smallest absolute Gasteiger partial charge is 0.328 e. The predicted molar refractivity (Wildman–Crippen MR) is 76.4 cm³/mol. The van der Waals surface area contributed by atoms with Crippen molar-refractivity contribution in [2.45, 2.75) is 37.8 Å². The molecule has 0 spiro atoms. The van der Waals surface area contributed by atoms with Crippen LogP contribution in [0.3, 0.4) is 0 Å². The number of hydrogen-bond acceptors (Lipinski definition) is 6. The predicted octanol–water partition coefficient (Wildman–Crippen LogP) is -0.683. The van der Waals surface area contributed by atoms with Gasteiger partial charge in [0.1, 0.15) is 6.04 Å². The van der Waals surface area contributed by atoms with Crippen molar-refractivity contribution < 1.29 is 22.7 Å². The van der Waals surface area contributed by atoms with E-state index in [0.29, 0.717) is 19.5 Å². The van der Waals surface area contributed by atoms with Crippen molar-refractivity contribution >= 4 is 21.7 Å². The normalized spacial score (nSPS) is 28.9. The first-order valence-corrected chi connectivity index (χ1v) is 9.06. The van der Waals surface area contributed by atoms with Crippen molar-refractivity contribution in [3.63, 3.8) is 0 Å². The van der Waals surface area contributed by atoms with E-state index in [2.05, 4.69) is 5.32 Å². The third kappa shape index (κ3) is 4.16. The lowest BCUT2D eigenvalue weighted by Gasteiger charge is -2.35. The zero-order chi connectivity index (χ0) is 15.5. The molecule has 0 aliphatic carbocycles. The summed E-state index contributed by atoms with van der Waals surface area (Å²) >= 11 is 0. The first kappa shape index (κ1) is 16.2. The van der Waals surface area contributed by atoms with E-state index in [1.54, 1.807) is 0 Å². The Morgan fingerprint density at radius 1 is 1.33 bits per heavy atom. The summed E-state index contributed by atoms with van der Waals surface area (Å²) in [5.74, 6) is -0.478. The number of likely N-dealkylation sites (tertiary alicyclic amines) is 1. The van der Waals surface area contributed by atoms with Crippen LogP contribution in [0.25, 0.3) is 0 Å². The van der Waals surface area contributed by atoms with E-state index >= 15 is 0 Å². The fraction of sp³-hybridized carbons (Fsp3) is 0.846. The van der Waals surface area contributed by atoms with Crippen LogP contribution in [0.1, 0.15) is 25.7 Å². The Labute approximate surface area is 124 Å². The van der Waals surface area contributed by atoms with E-state index in [1.165, 1.54) is 12.0 Å². The molecule has 2 atom stereocenters. The molecule has 1 amide bonds. The Balaban J connectivity index is 1.99. The number of carbonyl (C=O) groups excluding carboxylic acids is 2. The lowest BCUT2D eigenvalue weighted by molar-refractivity contribution is -0.154. The Bertz CT molecular complexity index is 505. The Kier molecular flexibility index (Phi) is 5.21. The van der Waals surface area contributed by atoms with Crippen LogP contribution in [0.5, 0.6) is 0 Å². The third-order valence-corrected chi connectivity index (χ3v) is 5.75. The third-order valence-electron chi connectivity index (χ3n) is 4.02. The van der Waals surface area contributed by atoms with Gasteiger partial charge in [0.15, 0.2) is 9.84 Å². The highest BCUT2D eigenvalue weighted by atomic mass is 32.2. The van der Waals surface area contributed by atoms with E-state index in [4.69, 9.17) is 4.74 Å². The monoisotopic (exact) mass is 318 g/mol. The van der Waals surface area contributed by atoms with Crippen LogP contribution in [0, 0.1) is 0 Å². The summed E-state index contributed by atoms with van der Waals surface area (Å²) < 4.78 is 27.9. The lowest BCUT2D eigenvalue weighted by atomic mass is 10.0. The van der Waals surface area contributed by atoms with Gasteiger partial charge in [-0.25, -0.2) is 13.2 Å². The summed E-state index contributed by atoms with van der Waals surface area (Å²) in [5.41, 5.74) is 0. The number of ether oxygens (including phenoxy) is 1. The molecule has 0 saturated carbocycles. The first-order valence-electron chi connectivity index (χ1n) is 7.24. The average Bonchev–Trinajstić information content (AvgIpc) is 2.45. The minimum atomic E-state index is -3.07. The Hall–Kier alpha value is -1.15. The van der Waals surface area contributed by atoms with Crippen LogP contribution in [0.4, 0.5) is 0 Å². The molecular weight excluding hydrogens is 296 g/mol. The number of nitrogens with one attached hydrogen (secondary N) is 1. The van der Waals surface area contributed by atoms with Crippen LogP contribution >= 0.6 is 0 Å². The molecule has 2 fully saturated rings. The molecule has 0 aromatic rings. The van der Waals surface area contributed by atoms with E-state index in [9.17, 15) is 18.0 Å². The van der Waals surface area contributed by atoms with Gasteiger partial charge in [0.2, 0.25) is 5.91 Å². The molecule has 120 valence electrons. The SMILES string of the molecule is COC(=O)C1CCCCN1C(=O)CC1CS(=O)(=O)CCN1. The summed E-state index contributed by atoms with van der Waals surface area (Å²) in [4.78, 5) is 25.7. The maximum absolute atomic E-state index is 12.4. The highest BCUT2D eigenvalue weighted by Gasteiger charge is 2.35. The van der Waals surface area contributed by atoms with Gasteiger partial charge in [0.05, 0.1) is 18.6 Å². The Morgan fingerprint density at radius 3 is 2.76 bits per heavy atom. The topological polar surface area (TPSA) is 92.8 Å². The molecule has 0 bridgehead atoms. The molecule has 2 rings (SSSR count). The molecular formula is C13H22N2O5S. The van der Waals surface area contributed by atoms with Gasteiger partial charge in [-0.1, -0.05) is 0 Å². The standard InChI is InChI=1S/C13H22N2O5S/c1-20-13(17)11-4-2-3-6-15(11)12(16)8-10-9-21(18,19)7-5-14-10/h10-11,14H,2-9H2,1H3. The summed E-state index contributed by atoms with van der Waals surface area (Å²) in [7, 11) is -1.75. The zero-order valence-corrected chi connectivity index (χ0v) is 13.0. The summed E-state index contributed by atoms with van der Waals surface area (Å²) in [6.45, 7) is 0.902. The zero-order valence-electron chi connectivity index (χ0n) is 12.2. The number of rotatable bonds is 3. The van der Waals surface area contributed by atoms with E-state index < -0.39 is 21.8 Å². The van der Waals surface area contributed by atoms with E-state index in [1.807, 2.05) is 0 Å².